The van der Waals surface area contributed by atoms with Crippen LogP contribution in [-0.4, -0.2) is 78.0 Å². The molecule has 0 aromatic heterocycles. The summed E-state index contributed by atoms with van der Waals surface area (Å²) in [4.78, 5) is 28.6. The van der Waals surface area contributed by atoms with Crippen LogP contribution in [-0.2, 0) is 30.2 Å². The number of rotatable bonds is 4. The van der Waals surface area contributed by atoms with Crippen molar-refractivity contribution in [2.45, 2.75) is 47.7 Å². The van der Waals surface area contributed by atoms with Gasteiger partial charge in [0.25, 0.3) is 5.91 Å². The van der Waals surface area contributed by atoms with Gasteiger partial charge in [0.15, 0.2) is 11.5 Å². The van der Waals surface area contributed by atoms with Gasteiger partial charge in [0, 0.05) is 22.9 Å². The fraction of sp³-hybridized carbons (Fsp3) is 0.400. The summed E-state index contributed by atoms with van der Waals surface area (Å²) in [5, 5.41) is 15.3. The fourth-order valence-corrected chi connectivity index (χ4v) is 8.06. The van der Waals surface area contributed by atoms with Gasteiger partial charge in [-0.05, 0) is 53.7 Å². The summed E-state index contributed by atoms with van der Waals surface area (Å²) in [5.41, 5.74) is 5.29. The highest BCUT2D eigenvalue weighted by atomic mass is 32.2. The predicted molar refractivity (Wildman–Crippen MR) is 148 cm³/mol. The third-order valence-corrected chi connectivity index (χ3v) is 9.71. The van der Waals surface area contributed by atoms with Gasteiger partial charge in [0.2, 0.25) is 6.79 Å². The van der Waals surface area contributed by atoms with Crippen LogP contribution in [0.1, 0.15) is 46.4 Å². The molecule has 1 amide bonds. The van der Waals surface area contributed by atoms with E-state index in [1.54, 1.807) is 22.2 Å². The molecule has 11 heteroatoms. The minimum absolute atomic E-state index is 0.0144. The van der Waals surface area contributed by atoms with Crippen molar-refractivity contribution < 1.29 is 33.6 Å². The van der Waals surface area contributed by atoms with Crippen LogP contribution in [0.25, 0.3) is 0 Å². The molecule has 0 spiro atoms. The normalized spacial score (nSPS) is 26.8. The van der Waals surface area contributed by atoms with Crippen LogP contribution in [0, 0.1) is 0 Å². The number of aliphatic hydroxyl groups excluding tert-OH is 1. The SMILES string of the molecule is COC(=O)OCOC1=C2C(=O)N3CCOCC3N(C3c4ccccc4SC4CCCc5cccc3c54)N2C=CC1O. The Morgan fingerprint density at radius 3 is 2.90 bits per heavy atom. The minimum atomic E-state index is -1.20. The molecule has 0 saturated carbocycles. The first kappa shape index (κ1) is 26.4. The number of methoxy groups -OCH3 is 1. The summed E-state index contributed by atoms with van der Waals surface area (Å²) in [6, 6.07) is 14.8. The zero-order valence-corrected chi connectivity index (χ0v) is 23.4. The first-order chi connectivity index (χ1) is 20.1. The van der Waals surface area contributed by atoms with Crippen LogP contribution in [0.5, 0.6) is 0 Å². The molecule has 214 valence electrons. The second kappa shape index (κ2) is 10.7. The maximum absolute atomic E-state index is 14.0. The number of thioether (sulfide) groups is 1. The van der Waals surface area contributed by atoms with E-state index in [1.165, 1.54) is 28.7 Å². The summed E-state index contributed by atoms with van der Waals surface area (Å²) in [6.07, 6.45) is 4.07. The van der Waals surface area contributed by atoms with Crippen LogP contribution < -0.4 is 0 Å². The lowest BCUT2D eigenvalue weighted by Crippen LogP contribution is -2.68. The Bertz CT molecular complexity index is 1440. The van der Waals surface area contributed by atoms with Crippen molar-refractivity contribution in [1.29, 1.82) is 0 Å². The molecule has 4 heterocycles. The van der Waals surface area contributed by atoms with E-state index in [4.69, 9.17) is 14.2 Å². The largest absolute Gasteiger partial charge is 0.510 e. The number of nitrogens with zero attached hydrogens (tertiary/aromatic N) is 3. The second-order valence-corrected chi connectivity index (χ2v) is 11.7. The summed E-state index contributed by atoms with van der Waals surface area (Å²) in [5.74, 6) is -0.268. The number of benzene rings is 2. The van der Waals surface area contributed by atoms with Crippen molar-refractivity contribution in [2.75, 3.05) is 33.7 Å². The topological polar surface area (TPSA) is 101 Å². The average Bonchev–Trinajstić information content (AvgIpc) is 3.14. The number of amides is 1. The first-order valence-corrected chi connectivity index (χ1v) is 14.7. The van der Waals surface area contributed by atoms with Crippen molar-refractivity contribution in [1.82, 2.24) is 14.9 Å². The molecule has 1 N–H and O–H groups in total. The molecule has 2 saturated heterocycles. The van der Waals surface area contributed by atoms with Gasteiger partial charge in [0.05, 0.1) is 26.4 Å². The number of carbonyl (C=O) groups is 2. The van der Waals surface area contributed by atoms with Crippen molar-refractivity contribution in [3.8, 4) is 0 Å². The van der Waals surface area contributed by atoms with E-state index >= 15 is 0 Å². The Hall–Kier alpha value is -3.51. The van der Waals surface area contributed by atoms with Crippen LogP contribution in [0.2, 0.25) is 0 Å². The summed E-state index contributed by atoms with van der Waals surface area (Å²) >= 11 is 1.92. The molecule has 4 aliphatic heterocycles. The quantitative estimate of drug-likeness (QED) is 0.426. The van der Waals surface area contributed by atoms with Crippen molar-refractivity contribution in [3.63, 3.8) is 0 Å². The Kier molecular flexibility index (Phi) is 6.90. The van der Waals surface area contributed by atoms with Gasteiger partial charge in [-0.2, -0.15) is 5.01 Å². The van der Waals surface area contributed by atoms with Crippen molar-refractivity contribution in [2.24, 2.45) is 0 Å². The Balaban J connectivity index is 1.40. The van der Waals surface area contributed by atoms with E-state index in [1.807, 2.05) is 11.8 Å². The number of ether oxygens (including phenoxy) is 4. The van der Waals surface area contributed by atoms with Gasteiger partial charge in [-0.3, -0.25) is 9.80 Å². The lowest BCUT2D eigenvalue weighted by atomic mass is 9.83. The van der Waals surface area contributed by atoms with Crippen molar-refractivity contribution >= 4 is 23.8 Å². The molecule has 1 aliphatic carbocycles. The minimum Gasteiger partial charge on any atom is -0.456 e. The summed E-state index contributed by atoms with van der Waals surface area (Å²) < 4.78 is 21.2. The molecule has 4 atom stereocenters. The lowest BCUT2D eigenvalue weighted by Gasteiger charge is -2.55. The first-order valence-electron chi connectivity index (χ1n) is 13.8. The highest BCUT2D eigenvalue weighted by Crippen LogP contribution is 2.54. The lowest BCUT2D eigenvalue weighted by molar-refractivity contribution is -0.191. The number of morpholine rings is 1. The maximum Gasteiger partial charge on any atom is 0.510 e. The number of aliphatic hydroxyl groups is 1. The molecule has 2 aromatic rings. The summed E-state index contributed by atoms with van der Waals surface area (Å²) in [7, 11) is 1.20. The molecular weight excluding hydrogens is 546 g/mol. The third-order valence-electron chi connectivity index (χ3n) is 8.33. The van der Waals surface area contributed by atoms with Gasteiger partial charge in [-0.1, -0.05) is 36.4 Å². The standard InChI is InChI=1S/C30H31N3O7S/c1-37-30(36)40-17-39-28-21(34)12-13-32-27(28)29(35)31-14-15-38-16-24(31)33(32)26-19-8-2-3-10-22(19)41-23-11-5-7-18-6-4-9-20(26)25(18)23/h2-4,6,8-10,12-13,21,23-24,26,34H,5,7,11,14-17H2,1H3. The molecule has 7 rings (SSSR count). The molecule has 41 heavy (non-hydrogen) atoms. The molecule has 2 fully saturated rings. The number of fused-ring (bicyclic) bond motifs is 3. The molecule has 0 bridgehead atoms. The number of carbonyl (C=O) groups excluding carboxylic acids is 2. The van der Waals surface area contributed by atoms with Gasteiger partial charge >= 0.3 is 6.16 Å². The van der Waals surface area contributed by atoms with E-state index in [0.717, 1.165) is 24.8 Å². The molecule has 4 unspecified atom stereocenters. The van der Waals surface area contributed by atoms with Gasteiger partial charge in [-0.15, -0.1) is 11.8 Å². The Morgan fingerprint density at radius 2 is 2.02 bits per heavy atom. The van der Waals surface area contributed by atoms with E-state index < -0.39 is 25.2 Å². The van der Waals surface area contributed by atoms with Crippen LogP contribution in [0.15, 0.2) is 71.1 Å². The van der Waals surface area contributed by atoms with E-state index in [-0.39, 0.29) is 23.4 Å². The molecular formula is C30H31N3O7S. The maximum atomic E-state index is 14.0. The predicted octanol–water partition coefficient (Wildman–Crippen LogP) is 3.83. The number of hydrogen-bond donors (Lipinski definition) is 1. The van der Waals surface area contributed by atoms with Crippen LogP contribution in [0.3, 0.4) is 0 Å². The molecule has 0 radical (unpaired) electrons. The van der Waals surface area contributed by atoms with Crippen molar-refractivity contribution in [3.05, 3.63) is 88.5 Å². The molecule has 5 aliphatic rings. The smallest absolute Gasteiger partial charge is 0.456 e. The number of hydrazine groups is 1. The van der Waals surface area contributed by atoms with Gasteiger partial charge in [-0.25, -0.2) is 4.79 Å². The van der Waals surface area contributed by atoms with Gasteiger partial charge < -0.3 is 29.0 Å². The van der Waals surface area contributed by atoms with E-state index in [0.29, 0.717) is 25.0 Å². The monoisotopic (exact) mass is 577 g/mol. The second-order valence-electron chi connectivity index (χ2n) is 10.5. The number of aryl methyl sites for hydroxylation is 1. The highest BCUT2D eigenvalue weighted by molar-refractivity contribution is 7.99. The Morgan fingerprint density at radius 1 is 1.17 bits per heavy atom. The average molecular weight is 578 g/mol. The zero-order chi connectivity index (χ0) is 28.1. The number of hydrogen-bond acceptors (Lipinski definition) is 10. The fourth-order valence-electron chi connectivity index (χ4n) is 6.59. The van der Waals surface area contributed by atoms with Gasteiger partial charge in [0.1, 0.15) is 12.3 Å². The molecule has 2 aromatic carbocycles. The van der Waals surface area contributed by atoms with Crippen LogP contribution >= 0.6 is 11.8 Å². The van der Waals surface area contributed by atoms with Crippen LogP contribution in [0.4, 0.5) is 4.79 Å². The molecule has 10 nitrogen and oxygen atoms in total. The third kappa shape index (κ3) is 4.39. The summed E-state index contributed by atoms with van der Waals surface area (Å²) in [6.45, 7) is 0.615. The Labute approximate surface area is 242 Å². The zero-order valence-electron chi connectivity index (χ0n) is 22.6. The highest BCUT2D eigenvalue weighted by Gasteiger charge is 2.51. The van der Waals surface area contributed by atoms with E-state index in [2.05, 4.69) is 52.2 Å². The van der Waals surface area contributed by atoms with E-state index in [9.17, 15) is 14.7 Å².